The van der Waals surface area contributed by atoms with Crippen LogP contribution in [0.25, 0.3) is 16.9 Å². The Morgan fingerprint density at radius 2 is 2.09 bits per heavy atom. The van der Waals surface area contributed by atoms with E-state index in [0.29, 0.717) is 28.6 Å². The number of allylic oxidation sites excluding steroid dienone is 1. The second-order valence-corrected chi connectivity index (χ2v) is 6.22. The van der Waals surface area contributed by atoms with E-state index in [1.54, 1.807) is 33.4 Å². The van der Waals surface area contributed by atoms with Crippen molar-refractivity contribution in [2.45, 2.75) is 16.7 Å². The Morgan fingerprint density at radius 3 is 2.78 bits per heavy atom. The highest BCUT2D eigenvalue weighted by Gasteiger charge is 2.17. The monoisotopic (exact) mass is 345 g/mol. The highest BCUT2D eigenvalue weighted by Crippen LogP contribution is 2.19. The second-order valence-electron chi connectivity index (χ2n) is 4.62. The summed E-state index contributed by atoms with van der Waals surface area (Å²) in [6, 6.07) is 5.70. The zero-order chi connectivity index (χ0) is 16.4. The van der Waals surface area contributed by atoms with Crippen LogP contribution in [0.5, 0.6) is 0 Å². The van der Waals surface area contributed by atoms with Crippen LogP contribution in [-0.2, 0) is 6.54 Å². The molecule has 0 aliphatic heterocycles. The highest BCUT2D eigenvalue weighted by atomic mass is 32.2. The molecule has 0 aliphatic rings. The molecule has 3 aromatic rings. The first-order valence-corrected chi connectivity index (χ1v) is 9.29. The topological polar surface area (TPSA) is 65.6 Å². The minimum absolute atomic E-state index is 0.149. The smallest absolute Gasteiger partial charge is 0.267 e. The molecule has 0 aliphatic carbocycles. The summed E-state index contributed by atoms with van der Waals surface area (Å²) in [6.45, 7) is 4.10. The molecular weight excluding hydrogens is 330 g/mol. The van der Waals surface area contributed by atoms with Gasteiger partial charge >= 0.3 is 0 Å². The van der Waals surface area contributed by atoms with E-state index < -0.39 is 0 Å². The van der Waals surface area contributed by atoms with E-state index >= 15 is 0 Å². The maximum atomic E-state index is 12.6. The van der Waals surface area contributed by atoms with Crippen molar-refractivity contribution in [3.63, 3.8) is 0 Å². The molecule has 0 spiro atoms. The SMILES string of the molecule is C=CCn1c(=O)c2cnc(SC)nc2n1-c1cccc(SC)n1. The maximum Gasteiger partial charge on any atom is 0.278 e. The van der Waals surface area contributed by atoms with E-state index in [-0.39, 0.29) is 5.56 Å². The van der Waals surface area contributed by atoms with Gasteiger partial charge in [0.05, 0.1) is 11.6 Å². The third kappa shape index (κ3) is 2.79. The molecule has 0 saturated carbocycles. The van der Waals surface area contributed by atoms with Gasteiger partial charge in [0.2, 0.25) is 0 Å². The van der Waals surface area contributed by atoms with Gasteiger partial charge < -0.3 is 0 Å². The number of nitrogens with zero attached hydrogens (tertiary/aromatic N) is 5. The predicted octanol–water partition coefficient (Wildman–Crippen LogP) is 2.61. The lowest BCUT2D eigenvalue weighted by molar-refractivity contribution is 0.593. The molecule has 0 radical (unpaired) electrons. The zero-order valence-electron chi connectivity index (χ0n) is 12.8. The Hall–Kier alpha value is -2.06. The summed E-state index contributed by atoms with van der Waals surface area (Å²) in [7, 11) is 0. The molecule has 6 nitrogen and oxygen atoms in total. The molecule has 8 heteroatoms. The standard InChI is InChI=1S/C15H15N5OS2/c1-4-8-19-14(21)10-9-16-15(23-3)18-13(10)20(19)11-6-5-7-12(17-11)22-2/h4-7,9H,1,8H2,2-3H3. The molecular formula is C15H15N5OS2. The van der Waals surface area contributed by atoms with Crippen molar-refractivity contribution in [1.82, 2.24) is 24.3 Å². The molecule has 3 aromatic heterocycles. The van der Waals surface area contributed by atoms with Gasteiger partial charge in [-0.15, -0.1) is 18.3 Å². The summed E-state index contributed by atoms with van der Waals surface area (Å²) < 4.78 is 3.31. The van der Waals surface area contributed by atoms with Crippen molar-refractivity contribution in [2.24, 2.45) is 0 Å². The van der Waals surface area contributed by atoms with Gasteiger partial charge in [-0.1, -0.05) is 23.9 Å². The number of pyridine rings is 1. The molecule has 0 N–H and O–H groups in total. The van der Waals surface area contributed by atoms with E-state index in [0.717, 1.165) is 5.03 Å². The van der Waals surface area contributed by atoms with Crippen molar-refractivity contribution in [3.05, 3.63) is 47.4 Å². The molecule has 0 unspecified atom stereocenters. The molecule has 118 valence electrons. The Morgan fingerprint density at radius 1 is 1.26 bits per heavy atom. The van der Waals surface area contributed by atoms with Crippen LogP contribution in [0.1, 0.15) is 0 Å². The van der Waals surface area contributed by atoms with Gasteiger partial charge in [-0.2, -0.15) is 0 Å². The fraction of sp³-hybridized carbons (Fsp3) is 0.200. The Labute approximate surface area is 141 Å². The predicted molar refractivity (Wildman–Crippen MR) is 94.7 cm³/mol. The van der Waals surface area contributed by atoms with Crippen LogP contribution in [0.3, 0.4) is 0 Å². The number of hydrogen-bond donors (Lipinski definition) is 0. The Bertz CT molecular complexity index is 931. The minimum atomic E-state index is -0.149. The summed E-state index contributed by atoms with van der Waals surface area (Å²) >= 11 is 2.98. The third-order valence-corrected chi connectivity index (χ3v) is 4.48. The number of fused-ring (bicyclic) bond motifs is 1. The average molecular weight is 345 g/mol. The third-order valence-electron chi connectivity index (χ3n) is 3.27. The first-order valence-electron chi connectivity index (χ1n) is 6.84. The zero-order valence-corrected chi connectivity index (χ0v) is 14.4. The van der Waals surface area contributed by atoms with Crippen LogP contribution in [0, 0.1) is 0 Å². The van der Waals surface area contributed by atoms with Crippen molar-refractivity contribution in [2.75, 3.05) is 12.5 Å². The van der Waals surface area contributed by atoms with Crippen molar-refractivity contribution in [1.29, 1.82) is 0 Å². The lowest BCUT2D eigenvalue weighted by atomic mass is 10.4. The van der Waals surface area contributed by atoms with Crippen molar-refractivity contribution < 1.29 is 0 Å². The quantitative estimate of drug-likeness (QED) is 0.402. The fourth-order valence-corrected chi connectivity index (χ4v) is 3.00. The minimum Gasteiger partial charge on any atom is -0.267 e. The van der Waals surface area contributed by atoms with Gasteiger partial charge in [-0.25, -0.2) is 24.3 Å². The number of aromatic nitrogens is 5. The molecule has 0 bridgehead atoms. The molecule has 0 aromatic carbocycles. The van der Waals surface area contributed by atoms with Gasteiger partial charge in [-0.05, 0) is 24.6 Å². The van der Waals surface area contributed by atoms with E-state index in [1.807, 2.05) is 30.7 Å². The largest absolute Gasteiger partial charge is 0.278 e. The van der Waals surface area contributed by atoms with E-state index in [9.17, 15) is 4.79 Å². The highest BCUT2D eigenvalue weighted by molar-refractivity contribution is 7.98. The van der Waals surface area contributed by atoms with Gasteiger partial charge in [0.1, 0.15) is 5.39 Å². The number of thioether (sulfide) groups is 2. The summed E-state index contributed by atoms with van der Waals surface area (Å²) in [6.07, 6.45) is 7.12. The fourth-order valence-electron chi connectivity index (χ4n) is 2.27. The van der Waals surface area contributed by atoms with Crippen LogP contribution in [0.15, 0.2) is 52.0 Å². The normalized spacial score (nSPS) is 11.0. The summed E-state index contributed by atoms with van der Waals surface area (Å²) in [5.41, 5.74) is 0.408. The molecule has 0 atom stereocenters. The molecule has 3 rings (SSSR count). The van der Waals surface area contributed by atoms with Gasteiger partial charge in [-0.3, -0.25) is 4.79 Å². The summed E-state index contributed by atoms with van der Waals surface area (Å²) in [5.74, 6) is 0.650. The second kappa shape index (κ2) is 6.59. The molecule has 0 amide bonds. The summed E-state index contributed by atoms with van der Waals surface area (Å²) in [5, 5.41) is 1.96. The summed E-state index contributed by atoms with van der Waals surface area (Å²) in [4.78, 5) is 25.9. The number of hydrogen-bond acceptors (Lipinski definition) is 6. The van der Waals surface area contributed by atoms with E-state index in [1.165, 1.54) is 11.8 Å². The van der Waals surface area contributed by atoms with Crippen LogP contribution < -0.4 is 5.56 Å². The maximum absolute atomic E-state index is 12.6. The lowest BCUT2D eigenvalue weighted by Gasteiger charge is -2.10. The van der Waals surface area contributed by atoms with Gasteiger partial charge in [0.25, 0.3) is 5.56 Å². The lowest BCUT2D eigenvalue weighted by Crippen LogP contribution is -2.22. The van der Waals surface area contributed by atoms with Crippen molar-refractivity contribution in [3.8, 4) is 5.82 Å². The van der Waals surface area contributed by atoms with Crippen LogP contribution >= 0.6 is 23.5 Å². The van der Waals surface area contributed by atoms with E-state index in [4.69, 9.17) is 0 Å². The van der Waals surface area contributed by atoms with Gasteiger partial charge in [0, 0.05) is 6.20 Å². The Kier molecular flexibility index (Phi) is 4.53. The van der Waals surface area contributed by atoms with Gasteiger partial charge in [0.15, 0.2) is 16.6 Å². The molecule has 23 heavy (non-hydrogen) atoms. The Balaban J connectivity index is 2.37. The molecule has 0 saturated heterocycles. The van der Waals surface area contributed by atoms with Crippen LogP contribution in [0.4, 0.5) is 0 Å². The first-order chi connectivity index (χ1) is 11.2. The van der Waals surface area contributed by atoms with Crippen LogP contribution in [-0.4, -0.2) is 36.8 Å². The van der Waals surface area contributed by atoms with Crippen molar-refractivity contribution >= 4 is 34.6 Å². The van der Waals surface area contributed by atoms with Crippen LogP contribution in [0.2, 0.25) is 0 Å². The number of rotatable bonds is 5. The van der Waals surface area contributed by atoms with E-state index in [2.05, 4.69) is 21.5 Å². The first kappa shape index (κ1) is 15.8. The average Bonchev–Trinajstić information content (AvgIpc) is 2.87. The molecule has 3 heterocycles. The molecule has 0 fully saturated rings.